The number of hydrogen-bond acceptors (Lipinski definition) is 7. The summed E-state index contributed by atoms with van der Waals surface area (Å²) in [5.74, 6) is -0.566. The van der Waals surface area contributed by atoms with Crippen LogP contribution in [0, 0.1) is 6.92 Å². The maximum atomic E-state index is 12.4. The summed E-state index contributed by atoms with van der Waals surface area (Å²) < 4.78 is 37.4. The van der Waals surface area contributed by atoms with Crippen molar-refractivity contribution in [2.45, 2.75) is 29.9 Å². The first-order chi connectivity index (χ1) is 9.02. The second-order valence-electron chi connectivity index (χ2n) is 4.60. The van der Waals surface area contributed by atoms with Crippen LogP contribution < -0.4 is 0 Å². The molecule has 1 aromatic heterocycles. The Morgan fingerprint density at radius 1 is 1.21 bits per heavy atom. The average molecular weight is 305 g/mol. The quantitative estimate of drug-likeness (QED) is 0.785. The number of ether oxygens (including phenoxy) is 2. The van der Waals surface area contributed by atoms with Gasteiger partial charge in [-0.05, 0) is 6.92 Å². The zero-order chi connectivity index (χ0) is 13.5. The summed E-state index contributed by atoms with van der Waals surface area (Å²) in [5, 5.41) is 8.14. The second kappa shape index (κ2) is 4.74. The van der Waals surface area contributed by atoms with Crippen LogP contribution in [0.5, 0.6) is 0 Å². The molecule has 9 heteroatoms. The SMILES string of the molecule is Cc1nnc(S(=O)(=O)N2CCC3(CC2)OCCO3)s1. The van der Waals surface area contributed by atoms with Gasteiger partial charge in [0, 0.05) is 25.9 Å². The molecule has 1 aromatic rings. The fourth-order valence-corrected chi connectivity index (χ4v) is 4.89. The Labute approximate surface area is 115 Å². The molecule has 0 amide bonds. The summed E-state index contributed by atoms with van der Waals surface area (Å²) in [4.78, 5) is 0. The number of hydrogen-bond donors (Lipinski definition) is 0. The smallest absolute Gasteiger partial charge is 0.272 e. The molecule has 0 atom stereocenters. The molecule has 2 saturated heterocycles. The van der Waals surface area contributed by atoms with Gasteiger partial charge in [-0.25, -0.2) is 8.42 Å². The minimum absolute atomic E-state index is 0.0641. The maximum absolute atomic E-state index is 12.4. The summed E-state index contributed by atoms with van der Waals surface area (Å²) in [6.07, 6.45) is 1.12. The van der Waals surface area contributed by atoms with Crippen LogP contribution in [0.2, 0.25) is 0 Å². The van der Waals surface area contributed by atoms with Crippen molar-refractivity contribution in [1.82, 2.24) is 14.5 Å². The number of aryl methyl sites for hydroxylation is 1. The van der Waals surface area contributed by atoms with Crippen molar-refractivity contribution in [2.75, 3.05) is 26.3 Å². The number of piperidine rings is 1. The average Bonchev–Trinajstić information content (AvgIpc) is 3.00. The Morgan fingerprint density at radius 2 is 1.84 bits per heavy atom. The van der Waals surface area contributed by atoms with Crippen molar-refractivity contribution in [3.05, 3.63) is 5.01 Å². The third kappa shape index (κ3) is 2.40. The van der Waals surface area contributed by atoms with Crippen molar-refractivity contribution >= 4 is 21.4 Å². The van der Waals surface area contributed by atoms with Gasteiger partial charge in [0.15, 0.2) is 5.79 Å². The van der Waals surface area contributed by atoms with Gasteiger partial charge in [0.1, 0.15) is 5.01 Å². The molecule has 2 fully saturated rings. The molecule has 0 aromatic carbocycles. The lowest BCUT2D eigenvalue weighted by Gasteiger charge is -2.36. The van der Waals surface area contributed by atoms with E-state index in [9.17, 15) is 8.42 Å². The second-order valence-corrected chi connectivity index (χ2v) is 7.89. The van der Waals surface area contributed by atoms with Gasteiger partial charge >= 0.3 is 0 Å². The Kier molecular flexibility index (Phi) is 3.34. The molecular formula is C10H15N3O4S2. The highest BCUT2D eigenvalue weighted by atomic mass is 32.2. The molecule has 3 heterocycles. The van der Waals surface area contributed by atoms with E-state index in [1.807, 2.05) is 0 Å². The summed E-state index contributed by atoms with van der Waals surface area (Å²) in [7, 11) is -3.52. The molecule has 0 radical (unpaired) electrons. The van der Waals surface area contributed by atoms with Gasteiger partial charge in [0.05, 0.1) is 13.2 Å². The van der Waals surface area contributed by atoms with Crippen molar-refractivity contribution in [3.8, 4) is 0 Å². The molecule has 0 saturated carbocycles. The van der Waals surface area contributed by atoms with Gasteiger partial charge in [-0.15, -0.1) is 10.2 Å². The summed E-state index contributed by atoms with van der Waals surface area (Å²) in [5.41, 5.74) is 0. The number of nitrogens with zero attached hydrogens (tertiary/aromatic N) is 3. The van der Waals surface area contributed by atoms with Crippen LogP contribution in [0.25, 0.3) is 0 Å². The first-order valence-electron chi connectivity index (χ1n) is 6.10. The van der Waals surface area contributed by atoms with Gasteiger partial charge in [0.25, 0.3) is 10.0 Å². The van der Waals surface area contributed by atoms with Gasteiger partial charge in [0.2, 0.25) is 4.34 Å². The molecule has 0 unspecified atom stereocenters. The van der Waals surface area contributed by atoms with E-state index in [1.165, 1.54) is 4.31 Å². The van der Waals surface area contributed by atoms with Crippen LogP contribution in [0.4, 0.5) is 0 Å². The summed E-state index contributed by atoms with van der Waals surface area (Å²) >= 11 is 1.10. The minimum Gasteiger partial charge on any atom is -0.347 e. The zero-order valence-corrected chi connectivity index (χ0v) is 12.2. The molecule has 2 aliphatic rings. The molecule has 106 valence electrons. The molecule has 1 spiro atoms. The van der Waals surface area contributed by atoms with Crippen molar-refractivity contribution < 1.29 is 17.9 Å². The highest BCUT2D eigenvalue weighted by molar-refractivity contribution is 7.91. The standard InChI is InChI=1S/C10H15N3O4S2/c1-8-11-12-9(18-8)19(14,15)13-4-2-10(3-5-13)16-6-7-17-10/h2-7H2,1H3. The lowest BCUT2D eigenvalue weighted by atomic mass is 10.1. The highest BCUT2D eigenvalue weighted by Gasteiger charge is 2.43. The molecule has 0 aliphatic carbocycles. The lowest BCUT2D eigenvalue weighted by Crippen LogP contribution is -2.47. The largest absolute Gasteiger partial charge is 0.347 e. The fourth-order valence-electron chi connectivity index (χ4n) is 2.35. The molecule has 0 bridgehead atoms. The Morgan fingerprint density at radius 3 is 2.37 bits per heavy atom. The zero-order valence-electron chi connectivity index (χ0n) is 10.5. The van der Waals surface area contributed by atoms with Crippen LogP contribution in [0.1, 0.15) is 17.8 Å². The van der Waals surface area contributed by atoms with Crippen LogP contribution >= 0.6 is 11.3 Å². The van der Waals surface area contributed by atoms with E-state index in [1.54, 1.807) is 6.92 Å². The molecule has 19 heavy (non-hydrogen) atoms. The normalized spacial score (nSPS) is 24.1. The van der Waals surface area contributed by atoms with Crippen LogP contribution in [0.3, 0.4) is 0 Å². The van der Waals surface area contributed by atoms with E-state index in [0.29, 0.717) is 44.2 Å². The van der Waals surface area contributed by atoms with Crippen molar-refractivity contribution in [2.24, 2.45) is 0 Å². The van der Waals surface area contributed by atoms with E-state index >= 15 is 0 Å². The third-order valence-corrected chi connectivity index (χ3v) is 6.45. The van der Waals surface area contributed by atoms with Gasteiger partial charge in [-0.3, -0.25) is 0 Å². The predicted molar refractivity (Wildman–Crippen MR) is 67.3 cm³/mol. The van der Waals surface area contributed by atoms with Crippen molar-refractivity contribution in [1.29, 1.82) is 0 Å². The molecule has 7 nitrogen and oxygen atoms in total. The van der Waals surface area contributed by atoms with E-state index in [4.69, 9.17) is 9.47 Å². The first-order valence-corrected chi connectivity index (χ1v) is 8.36. The lowest BCUT2D eigenvalue weighted by molar-refractivity contribution is -0.179. The van der Waals surface area contributed by atoms with Gasteiger partial charge in [-0.2, -0.15) is 4.31 Å². The predicted octanol–water partition coefficient (Wildman–Crippen LogP) is 0.374. The van der Waals surface area contributed by atoms with Gasteiger partial charge < -0.3 is 9.47 Å². The fraction of sp³-hybridized carbons (Fsp3) is 0.800. The molecule has 2 aliphatic heterocycles. The van der Waals surface area contributed by atoms with E-state index in [2.05, 4.69) is 10.2 Å². The van der Waals surface area contributed by atoms with Crippen LogP contribution in [-0.2, 0) is 19.5 Å². The van der Waals surface area contributed by atoms with Crippen LogP contribution in [0.15, 0.2) is 4.34 Å². The number of aromatic nitrogens is 2. The van der Waals surface area contributed by atoms with E-state index < -0.39 is 15.8 Å². The monoisotopic (exact) mass is 305 g/mol. The molecule has 3 rings (SSSR count). The van der Waals surface area contributed by atoms with Crippen molar-refractivity contribution in [3.63, 3.8) is 0 Å². The highest BCUT2D eigenvalue weighted by Crippen LogP contribution is 2.33. The number of rotatable bonds is 2. The van der Waals surface area contributed by atoms with Crippen LogP contribution in [-0.4, -0.2) is 55.0 Å². The Balaban J connectivity index is 1.74. The third-order valence-electron chi connectivity index (χ3n) is 3.37. The minimum atomic E-state index is -3.52. The Bertz CT molecular complexity index is 555. The first kappa shape index (κ1) is 13.4. The van der Waals surface area contributed by atoms with Gasteiger partial charge in [-0.1, -0.05) is 11.3 Å². The summed E-state index contributed by atoms with van der Waals surface area (Å²) in [6.45, 7) is 3.69. The summed E-state index contributed by atoms with van der Waals surface area (Å²) in [6, 6.07) is 0. The molecular weight excluding hydrogens is 290 g/mol. The molecule has 0 N–H and O–H groups in total. The van der Waals surface area contributed by atoms with E-state index in [-0.39, 0.29) is 4.34 Å². The Hall–Kier alpha value is -0.610. The number of sulfonamides is 1. The topological polar surface area (TPSA) is 81.6 Å². The maximum Gasteiger partial charge on any atom is 0.272 e. The van der Waals surface area contributed by atoms with E-state index in [0.717, 1.165) is 11.3 Å².